The summed E-state index contributed by atoms with van der Waals surface area (Å²) in [6.45, 7) is 6.16. The van der Waals surface area contributed by atoms with Crippen LogP contribution < -0.4 is 11.1 Å². The Morgan fingerprint density at radius 1 is 1.52 bits per heavy atom. The van der Waals surface area contributed by atoms with E-state index >= 15 is 0 Å². The number of nitrogens with zero attached hydrogens (tertiary/aromatic N) is 3. The molecule has 3 rings (SSSR count). The molecule has 144 valence electrons. The summed E-state index contributed by atoms with van der Waals surface area (Å²) in [6.07, 6.45) is 0.667. The first kappa shape index (κ1) is 19.9. The van der Waals surface area contributed by atoms with E-state index in [1.165, 1.54) is 23.9 Å². The van der Waals surface area contributed by atoms with Gasteiger partial charge in [0.15, 0.2) is 5.17 Å². The number of aryl methyl sites for hydroxylation is 2. The number of carbonyl (C=O) groups is 1. The molecule has 2 heterocycles. The average Bonchev–Trinajstić information content (AvgIpc) is 2.90. The number of thioether (sulfide) groups is 1. The Kier molecular flexibility index (Phi) is 5.62. The van der Waals surface area contributed by atoms with Crippen LogP contribution in [0.1, 0.15) is 42.0 Å². The van der Waals surface area contributed by atoms with E-state index in [2.05, 4.69) is 31.3 Å². The summed E-state index contributed by atoms with van der Waals surface area (Å²) in [7, 11) is 0. The highest BCUT2D eigenvalue weighted by molar-refractivity contribution is 9.10. The predicted octanol–water partition coefficient (Wildman–Crippen LogP) is 4.03. The molecule has 27 heavy (non-hydrogen) atoms. The molecule has 0 fully saturated rings. The molecule has 1 aliphatic heterocycles. The lowest BCUT2D eigenvalue weighted by Crippen LogP contribution is -2.30. The van der Waals surface area contributed by atoms with Crippen LogP contribution in [-0.2, 0) is 12.1 Å². The monoisotopic (exact) mass is 453 g/mol. The van der Waals surface area contributed by atoms with Crippen molar-refractivity contribution in [3.05, 3.63) is 45.4 Å². The summed E-state index contributed by atoms with van der Waals surface area (Å²) in [5, 5.41) is 7.62. The predicted molar refractivity (Wildman–Crippen MR) is 111 cm³/mol. The summed E-state index contributed by atoms with van der Waals surface area (Å²) in [6, 6.07) is 4.52. The van der Waals surface area contributed by atoms with Gasteiger partial charge in [-0.2, -0.15) is 5.10 Å². The van der Waals surface area contributed by atoms with E-state index in [0.29, 0.717) is 39.6 Å². The molecule has 0 spiro atoms. The summed E-state index contributed by atoms with van der Waals surface area (Å²) in [5.74, 6) is 0.0906. The molecule has 0 saturated carbocycles. The van der Waals surface area contributed by atoms with Crippen molar-refractivity contribution in [2.75, 3.05) is 11.1 Å². The number of aliphatic imine (C=N–C) groups is 1. The number of nitrogens with two attached hydrogens (primary N) is 1. The zero-order valence-electron chi connectivity index (χ0n) is 15.3. The van der Waals surface area contributed by atoms with Crippen molar-refractivity contribution >= 4 is 44.5 Å². The van der Waals surface area contributed by atoms with Crippen LogP contribution in [0.4, 0.5) is 10.1 Å². The van der Waals surface area contributed by atoms with Crippen molar-refractivity contribution in [2.45, 2.75) is 39.3 Å². The highest BCUT2D eigenvalue weighted by atomic mass is 79.9. The maximum Gasteiger partial charge on any atom is 0.275 e. The number of anilines is 1. The molecule has 1 aliphatic rings. The Morgan fingerprint density at radius 3 is 2.93 bits per heavy atom. The molecular formula is C18H21BrFN5OS. The number of carbonyl (C=O) groups excluding carboxylic acids is 1. The molecule has 2 aromatic rings. The molecule has 6 nitrogen and oxygen atoms in total. The number of hydrogen-bond acceptors (Lipinski definition) is 5. The second-order valence-corrected chi connectivity index (χ2v) is 8.44. The van der Waals surface area contributed by atoms with Crippen molar-refractivity contribution in [1.82, 2.24) is 9.78 Å². The maximum absolute atomic E-state index is 14.5. The highest BCUT2D eigenvalue weighted by Crippen LogP contribution is 2.37. The van der Waals surface area contributed by atoms with Gasteiger partial charge in [-0.05, 0) is 61.3 Å². The highest BCUT2D eigenvalue weighted by Gasteiger charge is 2.32. The topological polar surface area (TPSA) is 85.3 Å². The Balaban J connectivity index is 1.93. The molecule has 0 radical (unpaired) electrons. The summed E-state index contributed by atoms with van der Waals surface area (Å²) < 4.78 is 16.8. The maximum atomic E-state index is 14.5. The van der Waals surface area contributed by atoms with E-state index < -0.39 is 5.54 Å². The normalized spacial score (nSPS) is 19.7. The molecule has 1 atom stereocenters. The van der Waals surface area contributed by atoms with Crippen LogP contribution in [0.3, 0.4) is 0 Å². The lowest BCUT2D eigenvalue weighted by molar-refractivity contribution is 0.101. The number of rotatable bonds is 4. The average molecular weight is 454 g/mol. The van der Waals surface area contributed by atoms with E-state index in [1.807, 2.05) is 20.8 Å². The van der Waals surface area contributed by atoms with Crippen LogP contribution in [0.15, 0.2) is 27.7 Å². The van der Waals surface area contributed by atoms with Gasteiger partial charge in [0.05, 0.1) is 15.7 Å². The van der Waals surface area contributed by atoms with E-state index in [1.54, 1.807) is 10.7 Å². The quantitative estimate of drug-likeness (QED) is 0.731. The van der Waals surface area contributed by atoms with Gasteiger partial charge in [-0.15, -0.1) is 0 Å². The number of hydrogen-bond donors (Lipinski definition) is 2. The van der Waals surface area contributed by atoms with Crippen molar-refractivity contribution in [3.8, 4) is 0 Å². The molecule has 1 aromatic carbocycles. The smallest absolute Gasteiger partial charge is 0.275 e. The number of amidine groups is 1. The van der Waals surface area contributed by atoms with E-state index in [-0.39, 0.29) is 11.7 Å². The SMILES string of the molecule is CCn1nc(C)c(Br)c1C(=O)Nc1ccc(F)c(C2(C)CCSC(N)=N2)c1. The molecule has 0 saturated heterocycles. The Morgan fingerprint density at radius 2 is 2.26 bits per heavy atom. The first-order valence-electron chi connectivity index (χ1n) is 8.57. The van der Waals surface area contributed by atoms with Crippen molar-refractivity contribution in [3.63, 3.8) is 0 Å². The third-order valence-electron chi connectivity index (χ3n) is 4.57. The lowest BCUT2D eigenvalue weighted by Gasteiger charge is -2.30. The van der Waals surface area contributed by atoms with E-state index in [4.69, 9.17) is 5.73 Å². The van der Waals surface area contributed by atoms with Crippen LogP contribution in [0.2, 0.25) is 0 Å². The number of benzene rings is 1. The number of amides is 1. The molecule has 0 bridgehead atoms. The van der Waals surface area contributed by atoms with Gasteiger partial charge in [-0.1, -0.05) is 11.8 Å². The standard InChI is InChI=1S/C18H21BrFN5OS/c1-4-25-15(14(19)10(2)24-25)16(26)22-11-5-6-13(20)12(9-11)18(3)7-8-27-17(21)23-18/h5-6,9H,4,7-8H2,1-3H3,(H2,21,23)(H,22,26). The lowest BCUT2D eigenvalue weighted by atomic mass is 9.89. The van der Waals surface area contributed by atoms with Gasteiger partial charge >= 0.3 is 0 Å². The zero-order chi connectivity index (χ0) is 19.8. The van der Waals surface area contributed by atoms with Gasteiger partial charge in [0.1, 0.15) is 11.5 Å². The van der Waals surface area contributed by atoms with Crippen LogP contribution in [0.25, 0.3) is 0 Å². The van der Waals surface area contributed by atoms with Crippen molar-refractivity contribution < 1.29 is 9.18 Å². The number of nitrogens with one attached hydrogen (secondary N) is 1. The molecule has 1 amide bonds. The third kappa shape index (κ3) is 3.89. The first-order valence-corrected chi connectivity index (χ1v) is 10.4. The molecular weight excluding hydrogens is 433 g/mol. The second-order valence-electron chi connectivity index (χ2n) is 6.53. The summed E-state index contributed by atoms with van der Waals surface area (Å²) >= 11 is 4.88. The van der Waals surface area contributed by atoms with Crippen molar-refractivity contribution in [1.29, 1.82) is 0 Å². The minimum atomic E-state index is -0.748. The fourth-order valence-electron chi connectivity index (χ4n) is 3.09. The van der Waals surface area contributed by atoms with Crippen LogP contribution in [-0.4, -0.2) is 26.6 Å². The van der Waals surface area contributed by atoms with E-state index in [9.17, 15) is 9.18 Å². The second kappa shape index (κ2) is 7.63. The van der Waals surface area contributed by atoms with Crippen LogP contribution in [0, 0.1) is 12.7 Å². The minimum absolute atomic E-state index is 0.311. The van der Waals surface area contributed by atoms with Gasteiger partial charge in [0.2, 0.25) is 0 Å². The minimum Gasteiger partial charge on any atom is -0.379 e. The molecule has 9 heteroatoms. The first-order chi connectivity index (χ1) is 12.7. The Hall–Kier alpha value is -1.87. The van der Waals surface area contributed by atoms with Crippen molar-refractivity contribution in [2.24, 2.45) is 10.7 Å². The Labute approximate surface area is 169 Å². The molecule has 1 unspecified atom stereocenters. The number of aromatic nitrogens is 2. The third-order valence-corrected chi connectivity index (χ3v) is 6.31. The largest absolute Gasteiger partial charge is 0.379 e. The number of halogens is 2. The molecule has 0 aliphatic carbocycles. The fraction of sp³-hybridized carbons (Fsp3) is 0.389. The van der Waals surface area contributed by atoms with Gasteiger partial charge in [-0.3, -0.25) is 14.5 Å². The summed E-state index contributed by atoms with van der Waals surface area (Å²) in [4.78, 5) is 17.2. The van der Waals surface area contributed by atoms with E-state index in [0.717, 1.165) is 11.4 Å². The van der Waals surface area contributed by atoms with Crippen LogP contribution in [0.5, 0.6) is 0 Å². The Bertz CT molecular complexity index is 929. The van der Waals surface area contributed by atoms with Gasteiger partial charge in [0.25, 0.3) is 5.91 Å². The van der Waals surface area contributed by atoms with Crippen LogP contribution >= 0.6 is 27.7 Å². The summed E-state index contributed by atoms with van der Waals surface area (Å²) in [5.41, 5.74) is 7.19. The molecule has 1 aromatic heterocycles. The van der Waals surface area contributed by atoms with Gasteiger partial charge in [-0.25, -0.2) is 4.39 Å². The van der Waals surface area contributed by atoms with Gasteiger partial charge < -0.3 is 11.1 Å². The van der Waals surface area contributed by atoms with Gasteiger partial charge in [0, 0.05) is 23.5 Å². The zero-order valence-corrected chi connectivity index (χ0v) is 17.7. The fourth-order valence-corrected chi connectivity index (χ4v) is 4.53. The molecule has 3 N–H and O–H groups in total.